The molecule has 0 aliphatic rings. The summed E-state index contributed by atoms with van der Waals surface area (Å²) in [7, 11) is 0. The third-order valence-corrected chi connectivity index (χ3v) is 3.56. The normalized spacial score (nSPS) is 13.1. The largest absolute Gasteiger partial charge is 0.355 e. The van der Waals surface area contributed by atoms with Crippen LogP contribution in [0.15, 0.2) is 30.3 Å². The monoisotopic (exact) mass is 312 g/mol. The molecule has 0 bridgehead atoms. The maximum absolute atomic E-state index is 11.9. The zero-order valence-electron chi connectivity index (χ0n) is 13.2. The highest BCUT2D eigenvalue weighted by Crippen LogP contribution is 2.09. The summed E-state index contributed by atoms with van der Waals surface area (Å²) in [6, 6.07) is 10.5. The second-order valence-electron chi connectivity index (χ2n) is 5.72. The van der Waals surface area contributed by atoms with Crippen molar-refractivity contribution >= 4 is 18.3 Å². The zero-order chi connectivity index (χ0) is 14.8. The van der Waals surface area contributed by atoms with Crippen LogP contribution in [0.25, 0.3) is 0 Å². The lowest BCUT2D eigenvalue weighted by atomic mass is 9.96. The molecule has 0 aliphatic heterocycles. The van der Waals surface area contributed by atoms with Crippen LogP contribution in [-0.4, -0.2) is 18.0 Å². The second-order valence-corrected chi connectivity index (χ2v) is 5.72. The number of unbranched alkanes of at least 4 members (excludes halogenated alkanes) is 2. The standard InChI is InChI=1S/C17H28N2O.ClH/c1-3-13-17(2,18)16(20)19-14-9-5-8-12-15-10-6-4-7-11-15;/h4,6-7,10-11H,3,5,8-9,12-14,18H2,1-2H3,(H,19,20);1H. The number of halogens is 1. The summed E-state index contributed by atoms with van der Waals surface area (Å²) in [4.78, 5) is 11.9. The molecular weight excluding hydrogens is 284 g/mol. The molecule has 0 heterocycles. The Hall–Kier alpha value is -1.06. The number of nitrogens with two attached hydrogens (primary N) is 1. The Labute approximate surface area is 135 Å². The first-order valence-electron chi connectivity index (χ1n) is 7.67. The fraction of sp³-hybridized carbons (Fsp3) is 0.588. The fourth-order valence-corrected chi connectivity index (χ4v) is 2.31. The van der Waals surface area contributed by atoms with Gasteiger partial charge in [0, 0.05) is 6.54 Å². The summed E-state index contributed by atoms with van der Waals surface area (Å²) in [5.74, 6) is -0.0255. The Morgan fingerprint density at radius 2 is 1.86 bits per heavy atom. The van der Waals surface area contributed by atoms with E-state index in [2.05, 4.69) is 29.6 Å². The van der Waals surface area contributed by atoms with Crippen LogP contribution in [0.5, 0.6) is 0 Å². The predicted molar refractivity (Wildman–Crippen MR) is 91.8 cm³/mol. The lowest BCUT2D eigenvalue weighted by Gasteiger charge is -2.22. The van der Waals surface area contributed by atoms with Crippen LogP contribution in [0, 0.1) is 0 Å². The Balaban J connectivity index is 0.00000400. The maximum atomic E-state index is 11.9. The van der Waals surface area contributed by atoms with Crippen LogP contribution in [0.3, 0.4) is 0 Å². The van der Waals surface area contributed by atoms with Crippen LogP contribution in [0.4, 0.5) is 0 Å². The van der Waals surface area contributed by atoms with Crippen molar-refractivity contribution in [2.45, 2.75) is 57.9 Å². The fourth-order valence-electron chi connectivity index (χ4n) is 2.31. The van der Waals surface area contributed by atoms with Crippen molar-refractivity contribution in [1.29, 1.82) is 0 Å². The highest BCUT2D eigenvalue weighted by atomic mass is 35.5. The minimum absolute atomic E-state index is 0. The zero-order valence-corrected chi connectivity index (χ0v) is 14.0. The summed E-state index contributed by atoms with van der Waals surface area (Å²) in [5.41, 5.74) is 6.64. The van der Waals surface area contributed by atoms with Crippen molar-refractivity contribution < 1.29 is 4.79 Å². The van der Waals surface area contributed by atoms with Gasteiger partial charge in [-0.2, -0.15) is 0 Å². The van der Waals surface area contributed by atoms with Crippen LogP contribution in [-0.2, 0) is 11.2 Å². The molecule has 0 aliphatic carbocycles. The van der Waals surface area contributed by atoms with E-state index in [0.717, 1.165) is 45.1 Å². The molecule has 0 radical (unpaired) electrons. The van der Waals surface area contributed by atoms with Gasteiger partial charge >= 0.3 is 0 Å². The average molecular weight is 313 g/mol. The molecule has 0 aromatic heterocycles. The van der Waals surface area contributed by atoms with Crippen molar-refractivity contribution in [1.82, 2.24) is 5.32 Å². The summed E-state index contributed by atoms with van der Waals surface area (Å²) in [6.07, 6.45) is 6.07. The minimum Gasteiger partial charge on any atom is -0.355 e. The molecule has 0 saturated carbocycles. The molecule has 3 N–H and O–H groups in total. The van der Waals surface area contributed by atoms with Gasteiger partial charge in [-0.05, 0) is 38.2 Å². The lowest BCUT2D eigenvalue weighted by molar-refractivity contribution is -0.126. The van der Waals surface area contributed by atoms with Crippen LogP contribution < -0.4 is 11.1 Å². The van der Waals surface area contributed by atoms with E-state index in [0.29, 0.717) is 0 Å². The number of benzene rings is 1. The summed E-state index contributed by atoms with van der Waals surface area (Å²) in [6.45, 7) is 4.58. The van der Waals surface area contributed by atoms with Gasteiger partial charge in [0.1, 0.15) is 0 Å². The number of rotatable bonds is 9. The van der Waals surface area contributed by atoms with E-state index in [9.17, 15) is 4.79 Å². The number of carbonyl (C=O) groups excluding carboxylic acids is 1. The SMILES string of the molecule is CCCC(C)(N)C(=O)NCCCCCc1ccccc1.Cl. The molecule has 1 amide bonds. The first kappa shape index (κ1) is 19.9. The van der Waals surface area contributed by atoms with Gasteiger partial charge < -0.3 is 11.1 Å². The number of hydrogen-bond donors (Lipinski definition) is 2. The Morgan fingerprint density at radius 1 is 1.19 bits per heavy atom. The highest BCUT2D eigenvalue weighted by molar-refractivity contribution is 5.85. The molecule has 1 aromatic rings. The average Bonchev–Trinajstić information content (AvgIpc) is 2.43. The molecule has 1 rings (SSSR count). The number of amides is 1. The molecule has 0 fully saturated rings. The summed E-state index contributed by atoms with van der Waals surface area (Å²) < 4.78 is 0. The number of nitrogens with one attached hydrogen (secondary N) is 1. The molecule has 0 saturated heterocycles. The van der Waals surface area contributed by atoms with Crippen molar-refractivity contribution in [2.24, 2.45) is 5.73 Å². The maximum Gasteiger partial charge on any atom is 0.239 e. The van der Waals surface area contributed by atoms with Gasteiger partial charge in [-0.25, -0.2) is 0 Å². The van der Waals surface area contributed by atoms with Crippen molar-refractivity contribution in [3.05, 3.63) is 35.9 Å². The minimum atomic E-state index is -0.723. The van der Waals surface area contributed by atoms with Gasteiger partial charge in [0.25, 0.3) is 0 Å². The predicted octanol–water partition coefficient (Wildman–Crippen LogP) is 3.45. The number of aryl methyl sites for hydroxylation is 1. The molecule has 3 nitrogen and oxygen atoms in total. The lowest BCUT2D eigenvalue weighted by Crippen LogP contribution is -2.51. The molecule has 0 spiro atoms. The van der Waals surface area contributed by atoms with E-state index >= 15 is 0 Å². The first-order valence-corrected chi connectivity index (χ1v) is 7.67. The van der Waals surface area contributed by atoms with Gasteiger partial charge in [0.2, 0.25) is 5.91 Å². The highest BCUT2D eigenvalue weighted by Gasteiger charge is 2.26. The summed E-state index contributed by atoms with van der Waals surface area (Å²) >= 11 is 0. The second kappa shape index (κ2) is 10.6. The van der Waals surface area contributed by atoms with Crippen molar-refractivity contribution in [3.63, 3.8) is 0 Å². The van der Waals surface area contributed by atoms with E-state index in [1.807, 2.05) is 13.0 Å². The van der Waals surface area contributed by atoms with Crippen LogP contribution >= 0.6 is 12.4 Å². The van der Waals surface area contributed by atoms with E-state index in [1.165, 1.54) is 5.56 Å². The van der Waals surface area contributed by atoms with E-state index in [4.69, 9.17) is 5.73 Å². The van der Waals surface area contributed by atoms with Crippen LogP contribution in [0.2, 0.25) is 0 Å². The van der Waals surface area contributed by atoms with Gasteiger partial charge in [0.05, 0.1) is 5.54 Å². The molecule has 21 heavy (non-hydrogen) atoms. The number of carbonyl (C=O) groups is 1. The Morgan fingerprint density at radius 3 is 2.48 bits per heavy atom. The third kappa shape index (κ3) is 8.08. The quantitative estimate of drug-likeness (QED) is 0.686. The molecule has 4 heteroatoms. The topological polar surface area (TPSA) is 55.1 Å². The van der Waals surface area contributed by atoms with Crippen molar-refractivity contribution in [3.8, 4) is 0 Å². The van der Waals surface area contributed by atoms with Crippen molar-refractivity contribution in [2.75, 3.05) is 6.54 Å². The Bertz CT molecular complexity index is 393. The molecule has 1 unspecified atom stereocenters. The van der Waals surface area contributed by atoms with E-state index < -0.39 is 5.54 Å². The van der Waals surface area contributed by atoms with Crippen LogP contribution in [0.1, 0.15) is 51.5 Å². The van der Waals surface area contributed by atoms with Gasteiger partial charge in [-0.15, -0.1) is 12.4 Å². The number of hydrogen-bond acceptors (Lipinski definition) is 2. The Kier molecular flexibility index (Phi) is 10.1. The molecule has 120 valence electrons. The van der Waals surface area contributed by atoms with Gasteiger partial charge in [-0.1, -0.05) is 50.1 Å². The van der Waals surface area contributed by atoms with Gasteiger partial charge in [0.15, 0.2) is 0 Å². The van der Waals surface area contributed by atoms with E-state index in [-0.39, 0.29) is 18.3 Å². The smallest absolute Gasteiger partial charge is 0.239 e. The molecule has 1 aromatic carbocycles. The molecular formula is C17H29ClN2O. The van der Waals surface area contributed by atoms with Gasteiger partial charge in [-0.3, -0.25) is 4.79 Å². The first-order chi connectivity index (χ1) is 9.56. The summed E-state index contributed by atoms with van der Waals surface area (Å²) in [5, 5.41) is 2.94. The van der Waals surface area contributed by atoms with E-state index in [1.54, 1.807) is 6.92 Å². The third-order valence-electron chi connectivity index (χ3n) is 3.56. The molecule has 1 atom stereocenters.